The standard InChI is InChI=1S/C22H24BrNO2/c23-18-10-8-17(9-11-18)20-13-21(20)22(25)24(15-19-7-4-12-26-19)14-16-5-2-1-3-6-16/h1-3,5-6,8-11,19-21H,4,7,12-15H2. The second kappa shape index (κ2) is 7.93. The van der Waals surface area contributed by atoms with Crippen LogP contribution in [-0.4, -0.2) is 30.1 Å². The lowest BCUT2D eigenvalue weighted by molar-refractivity contribution is -0.135. The molecule has 0 N–H and O–H groups in total. The van der Waals surface area contributed by atoms with Gasteiger partial charge in [-0.3, -0.25) is 4.79 Å². The molecule has 2 aromatic carbocycles. The fourth-order valence-corrected chi connectivity index (χ4v) is 4.12. The van der Waals surface area contributed by atoms with Crippen LogP contribution in [0.4, 0.5) is 0 Å². The highest BCUT2D eigenvalue weighted by Crippen LogP contribution is 2.48. The molecule has 1 aliphatic carbocycles. The minimum absolute atomic E-state index is 0.112. The van der Waals surface area contributed by atoms with E-state index in [0.717, 1.165) is 30.3 Å². The van der Waals surface area contributed by atoms with Gasteiger partial charge in [-0.1, -0.05) is 58.4 Å². The van der Waals surface area contributed by atoms with Crippen molar-refractivity contribution in [2.45, 2.75) is 37.8 Å². The second-order valence-corrected chi connectivity index (χ2v) is 8.26. The largest absolute Gasteiger partial charge is 0.376 e. The Hall–Kier alpha value is -1.65. The molecular formula is C22H24BrNO2. The molecule has 0 radical (unpaired) electrons. The Labute approximate surface area is 163 Å². The van der Waals surface area contributed by atoms with Crippen LogP contribution in [0.2, 0.25) is 0 Å². The van der Waals surface area contributed by atoms with Crippen LogP contribution in [0.15, 0.2) is 59.1 Å². The van der Waals surface area contributed by atoms with Crippen molar-refractivity contribution in [3.63, 3.8) is 0 Å². The van der Waals surface area contributed by atoms with Crippen molar-refractivity contribution >= 4 is 21.8 Å². The maximum Gasteiger partial charge on any atom is 0.226 e. The van der Waals surface area contributed by atoms with Gasteiger partial charge in [0.25, 0.3) is 0 Å². The van der Waals surface area contributed by atoms with Crippen LogP contribution >= 0.6 is 15.9 Å². The van der Waals surface area contributed by atoms with Crippen LogP contribution in [0.1, 0.15) is 36.3 Å². The van der Waals surface area contributed by atoms with Gasteiger partial charge in [0.1, 0.15) is 0 Å². The average molecular weight is 414 g/mol. The van der Waals surface area contributed by atoms with E-state index in [4.69, 9.17) is 4.74 Å². The fourth-order valence-electron chi connectivity index (χ4n) is 3.85. The number of rotatable bonds is 6. The number of benzene rings is 2. The molecule has 3 atom stereocenters. The molecule has 4 heteroatoms. The summed E-state index contributed by atoms with van der Waals surface area (Å²) < 4.78 is 6.87. The molecule has 0 spiro atoms. The van der Waals surface area contributed by atoms with Crippen molar-refractivity contribution in [2.24, 2.45) is 5.92 Å². The third-order valence-corrected chi connectivity index (χ3v) is 5.91. The number of amides is 1. The van der Waals surface area contributed by atoms with Crippen LogP contribution in [-0.2, 0) is 16.1 Å². The predicted octanol–water partition coefficient (Wildman–Crippen LogP) is 4.76. The van der Waals surface area contributed by atoms with Crippen LogP contribution in [0, 0.1) is 5.92 Å². The lowest BCUT2D eigenvalue weighted by Crippen LogP contribution is -2.38. The fraction of sp³-hybridized carbons (Fsp3) is 0.409. The molecule has 26 heavy (non-hydrogen) atoms. The van der Waals surface area contributed by atoms with Gasteiger partial charge in [0.15, 0.2) is 0 Å². The Morgan fingerprint density at radius 3 is 2.58 bits per heavy atom. The van der Waals surface area contributed by atoms with Gasteiger partial charge in [0, 0.05) is 30.1 Å². The Kier molecular flexibility index (Phi) is 5.41. The minimum Gasteiger partial charge on any atom is -0.376 e. The van der Waals surface area contributed by atoms with E-state index in [1.165, 1.54) is 11.1 Å². The smallest absolute Gasteiger partial charge is 0.226 e. The zero-order valence-electron chi connectivity index (χ0n) is 14.8. The van der Waals surface area contributed by atoms with Gasteiger partial charge in [-0.05, 0) is 48.4 Å². The monoisotopic (exact) mass is 413 g/mol. The van der Waals surface area contributed by atoms with E-state index in [-0.39, 0.29) is 17.9 Å². The van der Waals surface area contributed by atoms with E-state index in [0.29, 0.717) is 19.0 Å². The molecule has 136 valence electrons. The van der Waals surface area contributed by atoms with Gasteiger partial charge in [0.05, 0.1) is 6.10 Å². The predicted molar refractivity (Wildman–Crippen MR) is 106 cm³/mol. The highest BCUT2D eigenvalue weighted by Gasteiger charge is 2.46. The van der Waals surface area contributed by atoms with Crippen molar-refractivity contribution < 1.29 is 9.53 Å². The normalized spacial score (nSPS) is 24.4. The van der Waals surface area contributed by atoms with E-state index in [1.54, 1.807) is 0 Å². The third-order valence-electron chi connectivity index (χ3n) is 5.38. The number of ether oxygens (including phenoxy) is 1. The van der Waals surface area contributed by atoms with Crippen molar-refractivity contribution in [3.05, 3.63) is 70.2 Å². The lowest BCUT2D eigenvalue weighted by atomic mass is 10.1. The van der Waals surface area contributed by atoms with Gasteiger partial charge in [-0.25, -0.2) is 0 Å². The maximum absolute atomic E-state index is 13.2. The lowest BCUT2D eigenvalue weighted by Gasteiger charge is -2.26. The van der Waals surface area contributed by atoms with Crippen molar-refractivity contribution in [1.82, 2.24) is 4.90 Å². The molecule has 4 rings (SSSR count). The number of carbonyl (C=O) groups excluding carboxylic acids is 1. The van der Waals surface area contributed by atoms with Crippen LogP contribution in [0.3, 0.4) is 0 Å². The molecule has 3 unspecified atom stereocenters. The first-order valence-electron chi connectivity index (χ1n) is 9.40. The number of hydrogen-bond acceptors (Lipinski definition) is 2. The minimum atomic E-state index is 0.112. The first kappa shape index (κ1) is 17.7. The van der Waals surface area contributed by atoms with E-state index in [2.05, 4.69) is 52.3 Å². The van der Waals surface area contributed by atoms with Gasteiger partial charge < -0.3 is 9.64 Å². The topological polar surface area (TPSA) is 29.5 Å². The molecule has 3 nitrogen and oxygen atoms in total. The van der Waals surface area contributed by atoms with E-state index >= 15 is 0 Å². The van der Waals surface area contributed by atoms with Crippen molar-refractivity contribution in [1.29, 1.82) is 0 Å². The van der Waals surface area contributed by atoms with E-state index in [9.17, 15) is 4.79 Å². The summed E-state index contributed by atoms with van der Waals surface area (Å²) in [7, 11) is 0. The highest BCUT2D eigenvalue weighted by atomic mass is 79.9. The summed E-state index contributed by atoms with van der Waals surface area (Å²) >= 11 is 3.48. The van der Waals surface area contributed by atoms with Crippen molar-refractivity contribution in [2.75, 3.05) is 13.2 Å². The summed E-state index contributed by atoms with van der Waals surface area (Å²) in [5.41, 5.74) is 2.45. The van der Waals surface area contributed by atoms with Gasteiger partial charge in [0.2, 0.25) is 5.91 Å². The summed E-state index contributed by atoms with van der Waals surface area (Å²) in [5.74, 6) is 0.747. The Morgan fingerprint density at radius 2 is 1.88 bits per heavy atom. The van der Waals surface area contributed by atoms with E-state index < -0.39 is 0 Å². The summed E-state index contributed by atoms with van der Waals surface area (Å²) in [4.78, 5) is 15.2. The third kappa shape index (κ3) is 4.18. The van der Waals surface area contributed by atoms with Crippen LogP contribution in [0.5, 0.6) is 0 Å². The number of carbonyl (C=O) groups is 1. The molecule has 2 fully saturated rings. The van der Waals surface area contributed by atoms with Crippen LogP contribution in [0.25, 0.3) is 0 Å². The molecule has 2 aromatic rings. The summed E-state index contributed by atoms with van der Waals surface area (Å²) in [6, 6.07) is 18.6. The molecule has 0 bridgehead atoms. The van der Waals surface area contributed by atoms with Gasteiger partial charge in [-0.2, -0.15) is 0 Å². The quantitative estimate of drug-likeness (QED) is 0.682. The molecular weight excluding hydrogens is 390 g/mol. The molecule has 1 saturated carbocycles. The Bertz CT molecular complexity index is 740. The Morgan fingerprint density at radius 1 is 1.12 bits per heavy atom. The summed E-state index contributed by atoms with van der Waals surface area (Å²) in [6.07, 6.45) is 3.30. The van der Waals surface area contributed by atoms with Crippen molar-refractivity contribution in [3.8, 4) is 0 Å². The second-order valence-electron chi connectivity index (χ2n) is 7.34. The first-order chi connectivity index (χ1) is 12.7. The zero-order valence-corrected chi connectivity index (χ0v) is 16.4. The molecule has 1 heterocycles. The molecule has 0 aromatic heterocycles. The summed E-state index contributed by atoms with van der Waals surface area (Å²) in [5, 5.41) is 0. The number of nitrogens with zero attached hydrogens (tertiary/aromatic N) is 1. The highest BCUT2D eigenvalue weighted by molar-refractivity contribution is 9.10. The average Bonchev–Trinajstić information content (AvgIpc) is 3.30. The van der Waals surface area contributed by atoms with Gasteiger partial charge in [-0.15, -0.1) is 0 Å². The van der Waals surface area contributed by atoms with Gasteiger partial charge >= 0.3 is 0 Å². The number of hydrogen-bond donors (Lipinski definition) is 0. The first-order valence-corrected chi connectivity index (χ1v) is 10.2. The van der Waals surface area contributed by atoms with Crippen LogP contribution < -0.4 is 0 Å². The molecule has 1 amide bonds. The molecule has 1 saturated heterocycles. The summed E-state index contributed by atoms with van der Waals surface area (Å²) in [6.45, 7) is 2.20. The SMILES string of the molecule is O=C(C1CC1c1ccc(Br)cc1)N(Cc1ccccc1)CC1CCCO1. The Balaban J connectivity index is 1.46. The molecule has 1 aliphatic heterocycles. The zero-order chi connectivity index (χ0) is 17.9. The maximum atomic E-state index is 13.2. The molecule has 2 aliphatic rings. The van der Waals surface area contributed by atoms with E-state index in [1.807, 2.05) is 23.1 Å². The number of halogens is 1.